The van der Waals surface area contributed by atoms with Crippen LogP contribution in [0.25, 0.3) is 11.4 Å². The number of aryl methyl sites for hydroxylation is 2. The van der Waals surface area contributed by atoms with Gasteiger partial charge in [0.05, 0.1) is 16.8 Å². The summed E-state index contributed by atoms with van der Waals surface area (Å²) in [6.45, 7) is 11.5. The summed E-state index contributed by atoms with van der Waals surface area (Å²) in [5.41, 5.74) is 1.99. The van der Waals surface area contributed by atoms with Gasteiger partial charge in [-0.2, -0.15) is 10.2 Å². The molecule has 0 saturated heterocycles. The van der Waals surface area contributed by atoms with E-state index in [1.165, 1.54) is 0 Å². The fraction of sp³-hybridized carbons (Fsp3) is 0.615. The molecular formula is C13H21N5. The maximum atomic E-state index is 4.52. The number of hydrogen-bond donors (Lipinski definition) is 0. The van der Waals surface area contributed by atoms with Crippen molar-refractivity contribution in [2.24, 2.45) is 0 Å². The molecule has 2 rings (SSSR count). The lowest BCUT2D eigenvalue weighted by atomic mass is 10.1. The third-order valence-corrected chi connectivity index (χ3v) is 2.82. The highest BCUT2D eigenvalue weighted by Crippen LogP contribution is 2.25. The first-order chi connectivity index (χ1) is 8.43. The van der Waals surface area contributed by atoms with Crippen LogP contribution in [0.2, 0.25) is 0 Å². The van der Waals surface area contributed by atoms with Crippen molar-refractivity contribution in [1.82, 2.24) is 24.5 Å². The minimum atomic E-state index is -0.0782. The lowest BCUT2D eigenvalue weighted by Crippen LogP contribution is -2.24. The second-order valence-electron chi connectivity index (χ2n) is 5.56. The Bertz CT molecular complexity index is 530. The van der Waals surface area contributed by atoms with Gasteiger partial charge in [-0.3, -0.25) is 4.68 Å². The van der Waals surface area contributed by atoms with Crippen LogP contribution in [0.1, 0.15) is 39.8 Å². The molecule has 0 radical (unpaired) electrons. The summed E-state index contributed by atoms with van der Waals surface area (Å²) in [6, 6.07) is 0. The summed E-state index contributed by atoms with van der Waals surface area (Å²) in [7, 11) is 0. The van der Waals surface area contributed by atoms with Crippen LogP contribution < -0.4 is 0 Å². The first-order valence-corrected chi connectivity index (χ1v) is 6.38. The second kappa shape index (κ2) is 4.55. The van der Waals surface area contributed by atoms with Gasteiger partial charge in [0.15, 0.2) is 5.82 Å². The monoisotopic (exact) mass is 247 g/mol. The van der Waals surface area contributed by atoms with Gasteiger partial charge in [-0.15, -0.1) is 0 Å². The second-order valence-corrected chi connectivity index (χ2v) is 5.56. The maximum absolute atomic E-state index is 4.52. The molecule has 0 atom stereocenters. The zero-order chi connectivity index (χ0) is 13.3. The molecule has 5 heteroatoms. The van der Waals surface area contributed by atoms with Gasteiger partial charge in [0, 0.05) is 12.7 Å². The number of nitrogens with zero attached hydrogens (tertiary/aromatic N) is 5. The highest BCUT2D eigenvalue weighted by atomic mass is 15.4. The number of hydrogen-bond acceptors (Lipinski definition) is 3. The maximum Gasteiger partial charge on any atom is 0.161 e. The minimum absolute atomic E-state index is 0.0782. The smallest absolute Gasteiger partial charge is 0.161 e. The van der Waals surface area contributed by atoms with E-state index in [4.69, 9.17) is 0 Å². The van der Waals surface area contributed by atoms with Gasteiger partial charge in [-0.25, -0.2) is 9.67 Å². The molecule has 0 aliphatic rings. The molecule has 2 aromatic heterocycles. The third kappa shape index (κ3) is 2.30. The van der Waals surface area contributed by atoms with Crippen molar-refractivity contribution in [1.29, 1.82) is 0 Å². The molecule has 0 aliphatic carbocycles. The van der Waals surface area contributed by atoms with E-state index in [0.717, 1.165) is 30.0 Å². The summed E-state index contributed by atoms with van der Waals surface area (Å²) < 4.78 is 3.93. The lowest BCUT2D eigenvalue weighted by molar-refractivity contribution is 0.359. The van der Waals surface area contributed by atoms with E-state index in [2.05, 4.69) is 49.1 Å². The highest BCUT2D eigenvalue weighted by molar-refractivity contribution is 5.57. The molecule has 0 fully saturated rings. The van der Waals surface area contributed by atoms with E-state index in [9.17, 15) is 0 Å². The first kappa shape index (κ1) is 12.8. The first-order valence-electron chi connectivity index (χ1n) is 6.38. The normalized spacial score (nSPS) is 12.1. The van der Waals surface area contributed by atoms with Crippen LogP contribution >= 0.6 is 0 Å². The van der Waals surface area contributed by atoms with E-state index in [0.29, 0.717) is 0 Å². The van der Waals surface area contributed by atoms with Crippen molar-refractivity contribution >= 4 is 0 Å². The van der Waals surface area contributed by atoms with Gasteiger partial charge in [0.25, 0.3) is 0 Å². The Hall–Kier alpha value is -1.65. The Labute approximate surface area is 108 Å². The molecule has 5 nitrogen and oxygen atoms in total. The summed E-state index contributed by atoms with van der Waals surface area (Å²) in [5, 5.41) is 8.84. The Balaban J connectivity index is 2.46. The van der Waals surface area contributed by atoms with Crippen LogP contribution in [0, 0.1) is 6.92 Å². The molecule has 0 N–H and O–H groups in total. The molecule has 2 heterocycles. The van der Waals surface area contributed by atoms with Crippen molar-refractivity contribution in [3.05, 3.63) is 18.2 Å². The molecule has 0 amide bonds. The van der Waals surface area contributed by atoms with Crippen molar-refractivity contribution in [3.63, 3.8) is 0 Å². The van der Waals surface area contributed by atoms with E-state index >= 15 is 0 Å². The van der Waals surface area contributed by atoms with Crippen molar-refractivity contribution in [2.75, 3.05) is 0 Å². The highest BCUT2D eigenvalue weighted by Gasteiger charge is 2.21. The van der Waals surface area contributed by atoms with Crippen molar-refractivity contribution < 1.29 is 0 Å². The van der Waals surface area contributed by atoms with Crippen molar-refractivity contribution in [2.45, 2.75) is 53.1 Å². The van der Waals surface area contributed by atoms with Crippen LogP contribution in [0.3, 0.4) is 0 Å². The van der Waals surface area contributed by atoms with E-state index in [1.807, 2.05) is 16.3 Å². The third-order valence-electron chi connectivity index (χ3n) is 2.82. The number of rotatable bonds is 3. The fourth-order valence-electron chi connectivity index (χ4n) is 2.00. The quantitative estimate of drug-likeness (QED) is 0.837. The van der Waals surface area contributed by atoms with E-state index in [1.54, 1.807) is 6.33 Å². The van der Waals surface area contributed by atoms with Gasteiger partial charge < -0.3 is 0 Å². The van der Waals surface area contributed by atoms with Crippen molar-refractivity contribution in [3.8, 4) is 11.4 Å². The molecule has 0 spiro atoms. The molecule has 0 saturated carbocycles. The molecule has 98 valence electrons. The molecule has 0 aliphatic heterocycles. The van der Waals surface area contributed by atoms with Crippen LogP contribution in [-0.2, 0) is 12.1 Å². The predicted molar refractivity (Wildman–Crippen MR) is 71.3 cm³/mol. The molecular weight excluding hydrogens is 226 g/mol. The summed E-state index contributed by atoms with van der Waals surface area (Å²) in [4.78, 5) is 4.39. The minimum Gasteiger partial charge on any atom is -0.272 e. The lowest BCUT2D eigenvalue weighted by Gasteiger charge is -2.20. The van der Waals surface area contributed by atoms with Gasteiger partial charge in [0.2, 0.25) is 0 Å². The molecule has 0 bridgehead atoms. The van der Waals surface area contributed by atoms with Crippen LogP contribution in [0.15, 0.2) is 12.5 Å². The summed E-state index contributed by atoms with van der Waals surface area (Å²) >= 11 is 0. The zero-order valence-electron chi connectivity index (χ0n) is 11.8. The topological polar surface area (TPSA) is 48.5 Å². The van der Waals surface area contributed by atoms with Crippen LogP contribution in [0.5, 0.6) is 0 Å². The van der Waals surface area contributed by atoms with Gasteiger partial charge in [-0.05, 0) is 34.1 Å². The molecule has 18 heavy (non-hydrogen) atoms. The van der Waals surface area contributed by atoms with Gasteiger partial charge >= 0.3 is 0 Å². The summed E-state index contributed by atoms with van der Waals surface area (Å²) in [5.74, 6) is 0.891. The predicted octanol–water partition coefficient (Wildman–Crippen LogP) is 2.62. The van der Waals surface area contributed by atoms with Gasteiger partial charge in [0.1, 0.15) is 6.33 Å². The number of aromatic nitrogens is 5. The Kier molecular flexibility index (Phi) is 3.24. The largest absolute Gasteiger partial charge is 0.272 e. The van der Waals surface area contributed by atoms with E-state index in [-0.39, 0.29) is 5.54 Å². The average molecular weight is 247 g/mol. The average Bonchev–Trinajstić information content (AvgIpc) is 2.83. The zero-order valence-corrected chi connectivity index (χ0v) is 11.8. The van der Waals surface area contributed by atoms with Crippen LogP contribution in [0.4, 0.5) is 0 Å². The molecule has 0 aromatic carbocycles. The van der Waals surface area contributed by atoms with Crippen LogP contribution in [-0.4, -0.2) is 24.5 Å². The van der Waals surface area contributed by atoms with E-state index < -0.39 is 0 Å². The van der Waals surface area contributed by atoms with Gasteiger partial charge in [-0.1, -0.05) is 6.92 Å². The Morgan fingerprint density at radius 3 is 2.61 bits per heavy atom. The fourth-order valence-corrected chi connectivity index (χ4v) is 2.00. The Morgan fingerprint density at radius 1 is 1.28 bits per heavy atom. The Morgan fingerprint density at radius 2 is 2.00 bits per heavy atom. The molecule has 0 unspecified atom stereocenters. The SMILES string of the molecule is CCCn1cc(-c2ncnn2C(C)(C)C)c(C)n1. The standard InChI is InChI=1S/C13H21N5/c1-6-7-17-8-11(10(2)16-17)12-14-9-15-18(12)13(3,4)5/h8-9H,6-7H2,1-5H3. The molecule has 2 aromatic rings. The summed E-state index contributed by atoms with van der Waals surface area (Å²) in [6.07, 6.45) is 4.74.